The lowest BCUT2D eigenvalue weighted by atomic mass is 9.64. The van der Waals surface area contributed by atoms with Crippen LogP contribution in [0.5, 0.6) is 0 Å². The standard InChI is InChI=1S/C25H43BO3Si/c1-12-16-21(26-27-23(5,6)24(7,8)28-26)19-25(9,20-17-14-13-15-18-20)29-30(10,11)22(2,3)4/h12-15,17-18,21H,1,16,19H2,2-11H3/t21-,25+/m1/s1. The third kappa shape index (κ3) is 5.29. The van der Waals surface area contributed by atoms with Crippen molar-refractivity contribution in [3.8, 4) is 0 Å². The van der Waals surface area contributed by atoms with Crippen LogP contribution in [-0.2, 0) is 19.3 Å². The van der Waals surface area contributed by atoms with Gasteiger partial charge in [-0.15, -0.1) is 6.58 Å². The number of hydrogen-bond acceptors (Lipinski definition) is 3. The van der Waals surface area contributed by atoms with Crippen molar-refractivity contribution in [1.82, 2.24) is 0 Å². The molecule has 0 aromatic heterocycles. The van der Waals surface area contributed by atoms with E-state index in [9.17, 15) is 0 Å². The van der Waals surface area contributed by atoms with Crippen LogP contribution < -0.4 is 0 Å². The maximum absolute atomic E-state index is 7.11. The fourth-order valence-electron chi connectivity index (χ4n) is 3.81. The molecule has 0 saturated carbocycles. The van der Waals surface area contributed by atoms with Crippen molar-refractivity contribution in [2.24, 2.45) is 0 Å². The van der Waals surface area contributed by atoms with Crippen molar-refractivity contribution < 1.29 is 13.7 Å². The number of benzene rings is 1. The summed E-state index contributed by atoms with van der Waals surface area (Å²) in [6.45, 7) is 26.2. The second-order valence-corrected chi connectivity index (χ2v) is 16.3. The second-order valence-electron chi connectivity index (χ2n) is 11.6. The zero-order chi connectivity index (χ0) is 23.0. The molecule has 1 aromatic rings. The Morgan fingerprint density at radius 2 is 1.53 bits per heavy atom. The third-order valence-electron chi connectivity index (χ3n) is 7.45. The predicted molar refractivity (Wildman–Crippen MR) is 131 cm³/mol. The summed E-state index contributed by atoms with van der Waals surface area (Å²) in [4.78, 5) is 0. The summed E-state index contributed by atoms with van der Waals surface area (Å²) < 4.78 is 20.0. The Hall–Kier alpha value is -0.878. The average molecular weight is 431 g/mol. The molecule has 168 valence electrons. The van der Waals surface area contributed by atoms with Crippen LogP contribution in [0.1, 0.15) is 73.8 Å². The number of rotatable bonds is 8. The largest absolute Gasteiger partial charge is 0.461 e. The first-order valence-electron chi connectivity index (χ1n) is 11.3. The molecule has 30 heavy (non-hydrogen) atoms. The van der Waals surface area contributed by atoms with Crippen molar-refractivity contribution in [3.63, 3.8) is 0 Å². The van der Waals surface area contributed by atoms with E-state index < -0.39 is 13.9 Å². The fourth-order valence-corrected chi connectivity index (χ4v) is 5.45. The van der Waals surface area contributed by atoms with Gasteiger partial charge >= 0.3 is 7.12 Å². The monoisotopic (exact) mass is 430 g/mol. The lowest BCUT2D eigenvalue weighted by Crippen LogP contribution is -2.48. The van der Waals surface area contributed by atoms with Gasteiger partial charge in [0.2, 0.25) is 0 Å². The van der Waals surface area contributed by atoms with Gasteiger partial charge in [0.15, 0.2) is 8.32 Å². The molecule has 0 spiro atoms. The van der Waals surface area contributed by atoms with Crippen LogP contribution in [0.25, 0.3) is 0 Å². The minimum Gasteiger partial charge on any atom is -0.408 e. The Kier molecular flexibility index (Phi) is 7.25. The van der Waals surface area contributed by atoms with E-state index in [2.05, 4.69) is 105 Å². The molecule has 0 bridgehead atoms. The third-order valence-corrected chi connectivity index (χ3v) is 12.0. The molecular weight excluding hydrogens is 387 g/mol. The molecule has 1 heterocycles. The topological polar surface area (TPSA) is 27.7 Å². The van der Waals surface area contributed by atoms with Gasteiger partial charge in [0, 0.05) is 5.82 Å². The summed E-state index contributed by atoms with van der Waals surface area (Å²) in [7, 11) is -2.30. The van der Waals surface area contributed by atoms with Crippen molar-refractivity contribution in [3.05, 3.63) is 48.6 Å². The zero-order valence-corrected chi connectivity index (χ0v) is 22.0. The van der Waals surface area contributed by atoms with Crippen LogP contribution in [0, 0.1) is 0 Å². The van der Waals surface area contributed by atoms with Crippen molar-refractivity contribution in [2.75, 3.05) is 0 Å². The Labute approximate surface area is 186 Å². The number of hydrogen-bond donors (Lipinski definition) is 0. The van der Waals surface area contributed by atoms with Gasteiger partial charge in [0.25, 0.3) is 0 Å². The van der Waals surface area contributed by atoms with Gasteiger partial charge in [-0.3, -0.25) is 0 Å². The molecule has 0 aliphatic carbocycles. The summed E-state index contributed by atoms with van der Waals surface area (Å²) in [5.41, 5.74) is 0.0863. The Bertz CT molecular complexity index is 708. The van der Waals surface area contributed by atoms with Gasteiger partial charge in [0.1, 0.15) is 0 Å². The lowest BCUT2D eigenvalue weighted by molar-refractivity contribution is 0.00578. The predicted octanol–water partition coefficient (Wildman–Crippen LogP) is 7.35. The van der Waals surface area contributed by atoms with Gasteiger partial charge in [-0.1, -0.05) is 57.2 Å². The summed E-state index contributed by atoms with van der Waals surface area (Å²) in [5.74, 6) is 0.151. The van der Waals surface area contributed by atoms with Crippen molar-refractivity contribution in [2.45, 2.75) is 109 Å². The van der Waals surface area contributed by atoms with E-state index in [0.717, 1.165) is 12.8 Å². The van der Waals surface area contributed by atoms with E-state index in [-0.39, 0.29) is 29.2 Å². The van der Waals surface area contributed by atoms with Gasteiger partial charge in [0.05, 0.1) is 16.8 Å². The number of allylic oxidation sites excluding steroid dienone is 1. The van der Waals surface area contributed by atoms with Crippen molar-refractivity contribution in [1.29, 1.82) is 0 Å². The molecule has 1 aromatic carbocycles. The first kappa shape index (κ1) is 25.4. The molecule has 0 N–H and O–H groups in total. The highest BCUT2D eigenvalue weighted by atomic mass is 28.4. The molecule has 3 nitrogen and oxygen atoms in total. The molecule has 5 heteroatoms. The smallest absolute Gasteiger partial charge is 0.408 e. The van der Waals surface area contributed by atoms with E-state index in [1.54, 1.807) is 0 Å². The van der Waals surface area contributed by atoms with E-state index in [0.29, 0.717) is 0 Å². The molecule has 1 aliphatic rings. The second kappa shape index (κ2) is 8.57. The van der Waals surface area contributed by atoms with Gasteiger partial charge in [-0.25, -0.2) is 0 Å². The molecule has 2 atom stereocenters. The summed E-state index contributed by atoms with van der Waals surface area (Å²) >= 11 is 0. The molecule has 1 fully saturated rings. The summed E-state index contributed by atoms with van der Waals surface area (Å²) in [6.07, 6.45) is 3.61. The normalized spacial score (nSPS) is 21.9. The first-order chi connectivity index (χ1) is 13.5. The van der Waals surface area contributed by atoms with Gasteiger partial charge < -0.3 is 13.7 Å². The molecule has 0 amide bonds. The molecule has 0 unspecified atom stereocenters. The highest BCUT2D eigenvalue weighted by molar-refractivity contribution is 6.74. The minimum absolute atomic E-state index is 0.126. The highest BCUT2D eigenvalue weighted by Crippen LogP contribution is 2.48. The SMILES string of the molecule is C=CC[C@H](C[C@](C)(O[Si](C)(C)C(C)(C)C)c1ccccc1)B1OC(C)(C)C(C)(C)O1. The maximum Gasteiger partial charge on any atom is 0.461 e. The van der Waals surface area contributed by atoms with Gasteiger partial charge in [-0.2, -0.15) is 0 Å². The molecule has 2 rings (SSSR count). The van der Waals surface area contributed by atoms with Crippen LogP contribution in [0.15, 0.2) is 43.0 Å². The van der Waals surface area contributed by atoms with Crippen LogP contribution in [0.3, 0.4) is 0 Å². The lowest BCUT2D eigenvalue weighted by Gasteiger charge is -2.46. The Morgan fingerprint density at radius 1 is 1.03 bits per heavy atom. The minimum atomic E-state index is -2.02. The molecular formula is C25H43BO3Si. The quantitative estimate of drug-likeness (QED) is 0.319. The molecule has 1 aliphatic heterocycles. The van der Waals surface area contributed by atoms with Crippen LogP contribution in [0.4, 0.5) is 0 Å². The molecule has 1 saturated heterocycles. The Balaban J connectivity index is 2.42. The van der Waals surface area contributed by atoms with E-state index in [1.807, 2.05) is 6.08 Å². The van der Waals surface area contributed by atoms with Crippen molar-refractivity contribution >= 4 is 15.4 Å². The van der Waals surface area contributed by atoms with E-state index in [4.69, 9.17) is 13.7 Å². The summed E-state index contributed by atoms with van der Waals surface area (Å²) in [5, 5.41) is 0.126. The zero-order valence-electron chi connectivity index (χ0n) is 21.0. The molecule has 0 radical (unpaired) electrons. The highest BCUT2D eigenvalue weighted by Gasteiger charge is 2.55. The first-order valence-corrected chi connectivity index (χ1v) is 14.2. The summed E-state index contributed by atoms with van der Waals surface area (Å²) in [6, 6.07) is 10.6. The maximum atomic E-state index is 7.11. The van der Waals surface area contributed by atoms with Crippen LogP contribution in [0.2, 0.25) is 23.9 Å². The average Bonchev–Trinajstić information content (AvgIpc) is 2.81. The Morgan fingerprint density at radius 3 is 1.97 bits per heavy atom. The van der Waals surface area contributed by atoms with E-state index in [1.165, 1.54) is 5.56 Å². The van der Waals surface area contributed by atoms with E-state index >= 15 is 0 Å². The fraction of sp³-hybridized carbons (Fsp3) is 0.680. The van der Waals surface area contributed by atoms with Crippen LogP contribution >= 0.6 is 0 Å². The van der Waals surface area contributed by atoms with Crippen LogP contribution in [-0.4, -0.2) is 26.6 Å². The van der Waals surface area contributed by atoms with Gasteiger partial charge in [-0.05, 0) is 71.2 Å².